The molecule has 25 heavy (non-hydrogen) atoms. The Morgan fingerprint density at radius 3 is 2.56 bits per heavy atom. The summed E-state index contributed by atoms with van der Waals surface area (Å²) < 4.78 is 1.39. The second-order valence-electron chi connectivity index (χ2n) is 5.43. The van der Waals surface area contributed by atoms with Crippen molar-refractivity contribution in [2.45, 2.75) is 32.2 Å². The van der Waals surface area contributed by atoms with Crippen molar-refractivity contribution in [1.82, 2.24) is 15.1 Å². The molecule has 9 nitrogen and oxygen atoms in total. The lowest BCUT2D eigenvalue weighted by atomic mass is 10.1. The summed E-state index contributed by atoms with van der Waals surface area (Å²) in [4.78, 5) is 33.5. The van der Waals surface area contributed by atoms with Crippen molar-refractivity contribution >= 4 is 17.6 Å². The maximum absolute atomic E-state index is 12.2. The van der Waals surface area contributed by atoms with Crippen molar-refractivity contribution < 1.29 is 19.6 Å². The zero-order chi connectivity index (χ0) is 18.4. The maximum atomic E-state index is 12.2. The molecule has 0 radical (unpaired) electrons. The van der Waals surface area contributed by atoms with E-state index < -0.39 is 22.8 Å². The van der Waals surface area contributed by atoms with E-state index in [1.165, 1.54) is 41.2 Å². The van der Waals surface area contributed by atoms with E-state index in [2.05, 4.69) is 10.4 Å². The van der Waals surface area contributed by atoms with Gasteiger partial charge >= 0.3 is 5.97 Å². The van der Waals surface area contributed by atoms with Gasteiger partial charge in [-0.15, -0.1) is 0 Å². The molecule has 0 fully saturated rings. The summed E-state index contributed by atoms with van der Waals surface area (Å²) >= 11 is 0. The summed E-state index contributed by atoms with van der Waals surface area (Å²) in [6.07, 6.45) is 3.39. The van der Waals surface area contributed by atoms with Gasteiger partial charge in [0.05, 0.1) is 10.6 Å². The van der Waals surface area contributed by atoms with Crippen LogP contribution in [0.3, 0.4) is 0 Å². The highest BCUT2D eigenvalue weighted by Gasteiger charge is 2.21. The summed E-state index contributed by atoms with van der Waals surface area (Å²) in [5, 5.41) is 26.4. The number of hydrogen-bond acceptors (Lipinski definition) is 5. The number of hydrogen-bond donors (Lipinski definition) is 2. The molecule has 1 atom stereocenters. The van der Waals surface area contributed by atoms with Crippen LogP contribution in [-0.4, -0.2) is 37.7 Å². The van der Waals surface area contributed by atoms with Crippen LogP contribution in [0.5, 0.6) is 0 Å². The van der Waals surface area contributed by atoms with Crippen molar-refractivity contribution in [1.29, 1.82) is 0 Å². The average molecular weight is 346 g/mol. The minimum absolute atomic E-state index is 0.0471. The van der Waals surface area contributed by atoms with Crippen molar-refractivity contribution in [3.63, 3.8) is 0 Å². The summed E-state index contributed by atoms with van der Waals surface area (Å²) in [7, 11) is 0. The van der Waals surface area contributed by atoms with Crippen LogP contribution >= 0.6 is 0 Å². The van der Waals surface area contributed by atoms with Crippen molar-refractivity contribution in [2.24, 2.45) is 0 Å². The Balaban J connectivity index is 2.10. The number of aliphatic carboxylic acids is 1. The molecule has 0 bridgehead atoms. The fourth-order valence-electron chi connectivity index (χ4n) is 2.21. The highest BCUT2D eigenvalue weighted by Crippen LogP contribution is 2.15. The predicted octanol–water partition coefficient (Wildman–Crippen LogP) is 2.15. The molecule has 132 valence electrons. The molecule has 1 heterocycles. The fraction of sp³-hybridized carbons (Fsp3) is 0.312. The summed E-state index contributed by atoms with van der Waals surface area (Å²) in [5.41, 5.74) is 0.570. The highest BCUT2D eigenvalue weighted by molar-refractivity contribution is 5.94. The SMILES string of the molecule is CCCC[C@H](NC(=O)c1ccn(-c2ccc([N+](=O)[O-])cc2)n1)C(=O)O. The van der Waals surface area contributed by atoms with Gasteiger partial charge in [0.2, 0.25) is 0 Å². The van der Waals surface area contributed by atoms with Crippen LogP contribution in [0, 0.1) is 10.1 Å². The van der Waals surface area contributed by atoms with Crippen molar-refractivity contribution in [3.05, 3.63) is 52.3 Å². The third kappa shape index (κ3) is 4.63. The molecule has 2 rings (SSSR count). The van der Waals surface area contributed by atoms with E-state index in [-0.39, 0.29) is 11.4 Å². The number of aromatic nitrogens is 2. The number of nitro benzene ring substituents is 1. The van der Waals surface area contributed by atoms with Gasteiger partial charge in [0, 0.05) is 18.3 Å². The number of carbonyl (C=O) groups excluding carboxylic acids is 1. The fourth-order valence-corrected chi connectivity index (χ4v) is 2.21. The highest BCUT2D eigenvalue weighted by atomic mass is 16.6. The number of rotatable bonds is 8. The van der Waals surface area contributed by atoms with Crippen LogP contribution in [0.2, 0.25) is 0 Å². The first-order valence-corrected chi connectivity index (χ1v) is 7.76. The normalized spacial score (nSPS) is 11.7. The van der Waals surface area contributed by atoms with Gasteiger partial charge in [0.1, 0.15) is 6.04 Å². The average Bonchev–Trinajstić information content (AvgIpc) is 3.08. The van der Waals surface area contributed by atoms with Gasteiger partial charge in [-0.25, -0.2) is 9.48 Å². The number of carboxylic acid groups (broad SMARTS) is 1. The Bertz CT molecular complexity index is 769. The zero-order valence-electron chi connectivity index (χ0n) is 13.6. The van der Waals surface area contributed by atoms with Gasteiger partial charge in [-0.2, -0.15) is 5.10 Å². The Kier molecular flexibility index (Phi) is 5.83. The summed E-state index contributed by atoms with van der Waals surface area (Å²) in [5.74, 6) is -1.67. The lowest BCUT2D eigenvalue weighted by Gasteiger charge is -2.12. The minimum atomic E-state index is -1.09. The van der Waals surface area contributed by atoms with Crippen LogP contribution in [0.25, 0.3) is 5.69 Å². The van der Waals surface area contributed by atoms with E-state index in [0.29, 0.717) is 18.5 Å². The molecule has 0 aliphatic heterocycles. The second kappa shape index (κ2) is 8.04. The number of nitro groups is 1. The molecule has 1 amide bonds. The summed E-state index contributed by atoms with van der Waals surface area (Å²) in [6, 6.07) is 6.18. The van der Waals surface area contributed by atoms with E-state index in [1.54, 1.807) is 0 Å². The van der Waals surface area contributed by atoms with Gasteiger partial charge in [0.15, 0.2) is 5.69 Å². The maximum Gasteiger partial charge on any atom is 0.326 e. The summed E-state index contributed by atoms with van der Waals surface area (Å²) in [6.45, 7) is 1.94. The molecule has 0 saturated heterocycles. The second-order valence-corrected chi connectivity index (χ2v) is 5.43. The van der Waals surface area contributed by atoms with Crippen LogP contribution in [-0.2, 0) is 4.79 Å². The number of nitrogens with zero attached hydrogens (tertiary/aromatic N) is 3. The lowest BCUT2D eigenvalue weighted by Crippen LogP contribution is -2.40. The standard InChI is InChI=1S/C16H18N4O5/c1-2-3-4-14(16(22)23)17-15(21)13-9-10-19(18-13)11-5-7-12(8-6-11)20(24)25/h5-10,14H,2-4H2,1H3,(H,17,21)(H,22,23)/t14-/m0/s1. The van der Waals surface area contributed by atoms with Crippen molar-refractivity contribution in [2.75, 3.05) is 0 Å². The molecular formula is C16H18N4O5. The molecule has 0 aliphatic carbocycles. The lowest BCUT2D eigenvalue weighted by molar-refractivity contribution is -0.384. The quantitative estimate of drug-likeness (QED) is 0.557. The first-order chi connectivity index (χ1) is 11.9. The van der Waals surface area contributed by atoms with Crippen LogP contribution in [0.1, 0.15) is 36.7 Å². The monoisotopic (exact) mass is 346 g/mol. The Hall–Kier alpha value is -3.23. The number of non-ortho nitro benzene ring substituents is 1. The Morgan fingerprint density at radius 1 is 1.32 bits per heavy atom. The molecular weight excluding hydrogens is 328 g/mol. The molecule has 0 saturated carbocycles. The number of unbranched alkanes of at least 4 members (excludes halogenated alkanes) is 1. The van der Waals surface area contributed by atoms with E-state index in [0.717, 1.165) is 6.42 Å². The molecule has 0 aliphatic rings. The van der Waals surface area contributed by atoms with Gasteiger partial charge in [0.25, 0.3) is 11.6 Å². The third-order valence-corrected chi connectivity index (χ3v) is 3.60. The Morgan fingerprint density at radius 2 is 2.00 bits per heavy atom. The first kappa shape index (κ1) is 18.1. The largest absolute Gasteiger partial charge is 0.480 e. The number of carbonyl (C=O) groups is 2. The smallest absolute Gasteiger partial charge is 0.326 e. The Labute approximate surface area is 143 Å². The minimum Gasteiger partial charge on any atom is -0.480 e. The van der Waals surface area contributed by atoms with Gasteiger partial charge in [-0.1, -0.05) is 19.8 Å². The molecule has 0 spiro atoms. The molecule has 2 N–H and O–H groups in total. The molecule has 9 heteroatoms. The van der Waals surface area contributed by atoms with Gasteiger partial charge in [-0.3, -0.25) is 14.9 Å². The number of amides is 1. The van der Waals surface area contributed by atoms with Crippen LogP contribution in [0.4, 0.5) is 5.69 Å². The van der Waals surface area contributed by atoms with E-state index in [4.69, 9.17) is 5.11 Å². The van der Waals surface area contributed by atoms with Crippen LogP contribution < -0.4 is 5.32 Å². The van der Waals surface area contributed by atoms with E-state index in [9.17, 15) is 19.7 Å². The molecule has 1 aromatic heterocycles. The zero-order valence-corrected chi connectivity index (χ0v) is 13.6. The van der Waals surface area contributed by atoms with E-state index >= 15 is 0 Å². The number of carboxylic acids is 1. The topological polar surface area (TPSA) is 127 Å². The van der Waals surface area contributed by atoms with Gasteiger partial charge in [-0.05, 0) is 24.6 Å². The molecule has 0 unspecified atom stereocenters. The number of nitrogens with one attached hydrogen (secondary N) is 1. The first-order valence-electron chi connectivity index (χ1n) is 7.76. The predicted molar refractivity (Wildman–Crippen MR) is 88.6 cm³/mol. The van der Waals surface area contributed by atoms with Crippen LogP contribution in [0.15, 0.2) is 36.5 Å². The molecule has 2 aromatic rings. The third-order valence-electron chi connectivity index (χ3n) is 3.60. The van der Waals surface area contributed by atoms with Gasteiger partial charge < -0.3 is 10.4 Å². The van der Waals surface area contributed by atoms with E-state index in [1.807, 2.05) is 6.92 Å². The molecule has 1 aromatic carbocycles. The van der Waals surface area contributed by atoms with Crippen molar-refractivity contribution in [3.8, 4) is 5.69 Å². The number of benzene rings is 1.